The predicted octanol–water partition coefficient (Wildman–Crippen LogP) is 3.63. The number of rotatable bonds is 5. The first-order valence-electron chi connectivity index (χ1n) is 7.43. The molecule has 0 atom stereocenters. The number of halogens is 3. The summed E-state index contributed by atoms with van der Waals surface area (Å²) in [7, 11) is -0.0622. The Morgan fingerprint density at radius 1 is 1.20 bits per heavy atom. The molecular formula is C16H19F3N2O3S. The van der Waals surface area contributed by atoms with E-state index in [4.69, 9.17) is 4.74 Å². The molecule has 0 spiro atoms. The fraction of sp³-hybridized carbons (Fsp3) is 0.375. The number of anilines is 2. The summed E-state index contributed by atoms with van der Waals surface area (Å²) in [6, 6.07) is 6.60. The van der Waals surface area contributed by atoms with Gasteiger partial charge in [0.1, 0.15) is 10.7 Å². The summed E-state index contributed by atoms with van der Waals surface area (Å²) in [6.45, 7) is 0. The number of nitrogens with one attached hydrogen (secondary N) is 1. The number of alkyl halides is 3. The van der Waals surface area contributed by atoms with Gasteiger partial charge in [-0.2, -0.15) is 13.2 Å². The zero-order chi connectivity index (χ0) is 18.8. The molecule has 9 heteroatoms. The first-order chi connectivity index (χ1) is 11.6. The number of methoxy groups -OCH3 is 1. The number of hydrogen-bond acceptors (Lipinski definition) is 4. The second-order valence-electron chi connectivity index (χ2n) is 5.40. The fourth-order valence-electron chi connectivity index (χ4n) is 2.56. The van der Waals surface area contributed by atoms with E-state index in [0.717, 1.165) is 4.31 Å². The van der Waals surface area contributed by atoms with Crippen molar-refractivity contribution in [2.45, 2.75) is 19.0 Å². The van der Waals surface area contributed by atoms with E-state index < -0.39 is 26.7 Å². The average Bonchev–Trinajstić information content (AvgIpc) is 2.59. The summed E-state index contributed by atoms with van der Waals surface area (Å²) >= 11 is 0. The maximum absolute atomic E-state index is 13.0. The Balaban J connectivity index is 2.56. The maximum Gasteiger partial charge on any atom is 0.412 e. The van der Waals surface area contributed by atoms with Crippen molar-refractivity contribution in [3.05, 3.63) is 46.6 Å². The molecule has 0 fully saturated rings. The van der Waals surface area contributed by atoms with Crippen LogP contribution >= 0.6 is 0 Å². The summed E-state index contributed by atoms with van der Waals surface area (Å²) < 4.78 is 71.0. The van der Waals surface area contributed by atoms with Gasteiger partial charge in [-0.15, -0.1) is 0 Å². The highest BCUT2D eigenvalue weighted by atomic mass is 32.2. The van der Waals surface area contributed by atoms with Crippen molar-refractivity contribution < 1.29 is 26.3 Å². The molecule has 1 aliphatic rings. The fourth-order valence-corrected chi connectivity index (χ4v) is 4.04. The van der Waals surface area contributed by atoms with E-state index in [2.05, 4.69) is 5.32 Å². The second-order valence-corrected chi connectivity index (χ2v) is 7.34. The Kier molecular flexibility index (Phi) is 5.36. The van der Waals surface area contributed by atoms with Crippen molar-refractivity contribution in [2.75, 3.05) is 30.8 Å². The Morgan fingerprint density at radius 2 is 1.84 bits per heavy atom. The van der Waals surface area contributed by atoms with E-state index in [1.54, 1.807) is 31.3 Å². The quantitative estimate of drug-likeness (QED) is 0.853. The number of ether oxygens (including phenoxy) is 1. The molecule has 0 amide bonds. The lowest BCUT2D eigenvalue weighted by Gasteiger charge is -2.26. The van der Waals surface area contributed by atoms with Gasteiger partial charge in [-0.3, -0.25) is 4.31 Å². The molecule has 138 valence electrons. The molecule has 1 aromatic rings. The van der Waals surface area contributed by atoms with E-state index in [1.807, 2.05) is 0 Å². The van der Waals surface area contributed by atoms with Gasteiger partial charge in [-0.1, -0.05) is 12.1 Å². The smallest absolute Gasteiger partial charge is 0.412 e. The average molecular weight is 376 g/mol. The van der Waals surface area contributed by atoms with Crippen LogP contribution in [0.1, 0.15) is 12.8 Å². The summed E-state index contributed by atoms with van der Waals surface area (Å²) in [4.78, 5) is -0.470. The van der Waals surface area contributed by atoms with Gasteiger partial charge in [0, 0.05) is 26.1 Å². The zero-order valence-electron chi connectivity index (χ0n) is 14.0. The minimum absolute atomic E-state index is 0.0155. The van der Waals surface area contributed by atoms with E-state index in [9.17, 15) is 21.6 Å². The molecule has 0 saturated heterocycles. The van der Waals surface area contributed by atoms with Gasteiger partial charge in [0.25, 0.3) is 10.0 Å². The van der Waals surface area contributed by atoms with Crippen LogP contribution in [-0.4, -0.2) is 35.8 Å². The highest BCUT2D eigenvalue weighted by Gasteiger charge is 2.39. The molecule has 0 aromatic heterocycles. The molecule has 25 heavy (non-hydrogen) atoms. The van der Waals surface area contributed by atoms with Crippen LogP contribution in [0.2, 0.25) is 0 Å². The Morgan fingerprint density at radius 3 is 2.40 bits per heavy atom. The second kappa shape index (κ2) is 6.99. The monoisotopic (exact) mass is 376 g/mol. The number of allylic oxidation sites excluding steroid dienone is 3. The van der Waals surface area contributed by atoms with Crippen molar-refractivity contribution in [1.82, 2.24) is 0 Å². The predicted molar refractivity (Wildman–Crippen MR) is 90.7 cm³/mol. The summed E-state index contributed by atoms with van der Waals surface area (Å²) in [5, 5.41) is 2.86. The van der Waals surface area contributed by atoms with Gasteiger partial charge in [-0.25, -0.2) is 8.42 Å². The molecule has 0 aliphatic heterocycles. The van der Waals surface area contributed by atoms with E-state index >= 15 is 0 Å². The third-order valence-corrected chi connectivity index (χ3v) is 5.78. The number of hydrogen-bond donors (Lipinski definition) is 1. The van der Waals surface area contributed by atoms with Gasteiger partial charge < -0.3 is 10.1 Å². The van der Waals surface area contributed by atoms with Crippen LogP contribution in [0, 0.1) is 0 Å². The first-order valence-corrected chi connectivity index (χ1v) is 8.87. The Bertz CT molecular complexity index is 814. The van der Waals surface area contributed by atoms with Crippen LogP contribution in [0.25, 0.3) is 0 Å². The van der Waals surface area contributed by atoms with E-state index in [0.29, 0.717) is 17.5 Å². The van der Waals surface area contributed by atoms with Crippen LogP contribution in [0.15, 0.2) is 46.6 Å². The van der Waals surface area contributed by atoms with Gasteiger partial charge in [0.15, 0.2) is 0 Å². The molecule has 0 heterocycles. The van der Waals surface area contributed by atoms with Gasteiger partial charge >= 0.3 is 6.18 Å². The van der Waals surface area contributed by atoms with Crippen molar-refractivity contribution in [2.24, 2.45) is 0 Å². The molecule has 5 nitrogen and oxygen atoms in total. The molecule has 1 aliphatic carbocycles. The van der Waals surface area contributed by atoms with Crippen LogP contribution in [-0.2, 0) is 14.8 Å². The van der Waals surface area contributed by atoms with Gasteiger partial charge in [0.2, 0.25) is 0 Å². The molecule has 0 unspecified atom stereocenters. The molecule has 0 radical (unpaired) electrons. The van der Waals surface area contributed by atoms with Crippen LogP contribution in [0.5, 0.6) is 0 Å². The topological polar surface area (TPSA) is 58.6 Å². The lowest BCUT2D eigenvalue weighted by atomic mass is 10.0. The summed E-state index contributed by atoms with van der Waals surface area (Å²) in [6.07, 6.45) is -4.36. The maximum atomic E-state index is 13.0. The largest absolute Gasteiger partial charge is 0.500 e. The standard InChI is InChI=1S/C16H19F3N2O3S/c1-20-12-6-4-5-7-13(12)21(2)25(22,23)15-10-11(16(17,18)19)8-9-14(15)24-3/h4-7,10,20H,8-9H2,1-3H3. The molecule has 2 rings (SSSR count). The van der Waals surface area contributed by atoms with E-state index in [-0.39, 0.29) is 18.6 Å². The molecule has 0 bridgehead atoms. The third-order valence-electron chi connectivity index (χ3n) is 3.96. The van der Waals surface area contributed by atoms with Crippen molar-refractivity contribution in [3.63, 3.8) is 0 Å². The van der Waals surface area contributed by atoms with Crippen LogP contribution in [0.4, 0.5) is 24.5 Å². The summed E-state index contributed by atoms with van der Waals surface area (Å²) in [5.41, 5.74) is -0.0355. The SMILES string of the molecule is CNc1ccccc1N(C)S(=O)(=O)C1=C(OC)CCC(C(F)(F)F)=C1. The van der Waals surface area contributed by atoms with Gasteiger partial charge in [-0.05, 0) is 24.6 Å². The summed E-state index contributed by atoms with van der Waals surface area (Å²) in [5.74, 6) is 0.0155. The molecule has 0 saturated carbocycles. The number of para-hydroxylation sites is 2. The minimum atomic E-state index is -4.58. The number of sulfonamides is 1. The normalized spacial score (nSPS) is 15.7. The molecule has 1 aromatic carbocycles. The Hall–Kier alpha value is -2.16. The molecule has 1 N–H and O–H groups in total. The van der Waals surface area contributed by atoms with E-state index in [1.165, 1.54) is 14.2 Å². The van der Waals surface area contributed by atoms with Crippen molar-refractivity contribution >= 4 is 21.4 Å². The molecular weight excluding hydrogens is 357 g/mol. The zero-order valence-corrected chi connectivity index (χ0v) is 14.8. The minimum Gasteiger partial charge on any atom is -0.500 e. The lowest BCUT2D eigenvalue weighted by molar-refractivity contribution is -0.0944. The lowest BCUT2D eigenvalue weighted by Crippen LogP contribution is -2.30. The third kappa shape index (κ3) is 3.76. The highest BCUT2D eigenvalue weighted by molar-refractivity contribution is 7.96. The number of nitrogens with zero attached hydrogens (tertiary/aromatic N) is 1. The van der Waals surface area contributed by atoms with Crippen molar-refractivity contribution in [1.29, 1.82) is 0 Å². The van der Waals surface area contributed by atoms with Gasteiger partial charge in [0.05, 0.1) is 18.5 Å². The van der Waals surface area contributed by atoms with Crippen LogP contribution < -0.4 is 9.62 Å². The highest BCUT2D eigenvalue weighted by Crippen LogP contribution is 2.39. The Labute approximate surface area is 144 Å². The van der Waals surface area contributed by atoms with Crippen molar-refractivity contribution in [3.8, 4) is 0 Å². The number of benzene rings is 1. The first kappa shape index (κ1) is 19.2. The van der Waals surface area contributed by atoms with Crippen LogP contribution in [0.3, 0.4) is 0 Å².